The monoisotopic (exact) mass is 457 g/mol. The molecule has 1 aliphatic heterocycles. The summed E-state index contributed by atoms with van der Waals surface area (Å²) in [5, 5.41) is 21.5. The minimum absolute atomic E-state index is 0.0493. The van der Waals surface area contributed by atoms with Gasteiger partial charge in [-0.3, -0.25) is 14.6 Å². The van der Waals surface area contributed by atoms with Crippen molar-refractivity contribution in [2.75, 3.05) is 0 Å². The Bertz CT molecular complexity index is 872. The molecule has 1 aromatic rings. The molecule has 1 aliphatic rings. The van der Waals surface area contributed by atoms with Gasteiger partial charge in [-0.05, 0) is 55.9 Å². The number of Topliss-reactive ketones (excluding diaryl/α,β-unsaturated/α-hetero) is 1. The number of hydrogen-bond donors (Lipinski definition) is 2. The van der Waals surface area contributed by atoms with Crippen LogP contribution in [0.3, 0.4) is 0 Å². The van der Waals surface area contributed by atoms with Crippen LogP contribution in [0.2, 0.25) is 0 Å². The number of hydrogen-bond acceptors (Lipinski definition) is 6. The van der Waals surface area contributed by atoms with Gasteiger partial charge in [-0.15, -0.1) is 0 Å². The van der Waals surface area contributed by atoms with E-state index in [0.29, 0.717) is 18.4 Å². The molecular formula is C27H39NO5. The Kier molecular flexibility index (Phi) is 9.15. The van der Waals surface area contributed by atoms with Gasteiger partial charge in [0.25, 0.3) is 0 Å². The van der Waals surface area contributed by atoms with Crippen molar-refractivity contribution in [3.05, 3.63) is 48.3 Å². The third kappa shape index (κ3) is 7.08. The Labute approximate surface area is 197 Å². The van der Waals surface area contributed by atoms with Gasteiger partial charge in [0.1, 0.15) is 11.9 Å². The lowest BCUT2D eigenvalue weighted by atomic mass is 9.73. The van der Waals surface area contributed by atoms with E-state index in [2.05, 4.69) is 17.6 Å². The lowest BCUT2D eigenvalue weighted by molar-refractivity contribution is -0.230. The number of allylic oxidation sites excluding steroid dienone is 1. The number of aromatic nitrogens is 1. The number of carbonyl (C=O) groups is 2. The zero-order valence-electron chi connectivity index (χ0n) is 20.6. The predicted octanol–water partition coefficient (Wildman–Crippen LogP) is 4.86. The Hall–Kier alpha value is -2.31. The SMILES string of the molecule is C=C(c1ccncc1)C1C/C=C(\C)CCCC(C)C(O)(O)C(C)C(=O)C(C)(C)CCC(=O)O1. The lowest BCUT2D eigenvalue weighted by Crippen LogP contribution is -2.49. The minimum Gasteiger partial charge on any atom is -0.457 e. The van der Waals surface area contributed by atoms with Gasteiger partial charge in [0, 0.05) is 36.6 Å². The number of aliphatic hydroxyl groups is 2. The number of ether oxygens (including phenoxy) is 1. The summed E-state index contributed by atoms with van der Waals surface area (Å²) in [5.74, 6) is -4.21. The van der Waals surface area contributed by atoms with Crippen molar-refractivity contribution < 1.29 is 24.5 Å². The summed E-state index contributed by atoms with van der Waals surface area (Å²) < 4.78 is 5.82. The molecule has 2 N–H and O–H groups in total. The van der Waals surface area contributed by atoms with Gasteiger partial charge in [0.05, 0.1) is 5.92 Å². The molecule has 182 valence electrons. The molecule has 2 heterocycles. The minimum atomic E-state index is -2.10. The van der Waals surface area contributed by atoms with Crippen molar-refractivity contribution in [1.82, 2.24) is 4.98 Å². The van der Waals surface area contributed by atoms with Crippen LogP contribution in [0, 0.1) is 17.3 Å². The molecule has 3 unspecified atom stereocenters. The van der Waals surface area contributed by atoms with Gasteiger partial charge in [0.15, 0.2) is 5.79 Å². The molecule has 3 atom stereocenters. The summed E-state index contributed by atoms with van der Waals surface area (Å²) in [5.41, 5.74) is 1.80. The molecule has 6 heteroatoms. The van der Waals surface area contributed by atoms with Crippen LogP contribution in [0.1, 0.15) is 78.7 Å². The number of pyridine rings is 1. The summed E-state index contributed by atoms with van der Waals surface area (Å²) in [6.07, 6.45) is 7.81. The fourth-order valence-corrected chi connectivity index (χ4v) is 4.28. The van der Waals surface area contributed by atoms with E-state index in [1.807, 2.05) is 19.1 Å². The number of esters is 1. The van der Waals surface area contributed by atoms with Crippen molar-refractivity contribution in [2.24, 2.45) is 17.3 Å². The van der Waals surface area contributed by atoms with Gasteiger partial charge in [-0.2, -0.15) is 0 Å². The Morgan fingerprint density at radius 2 is 1.79 bits per heavy atom. The van der Waals surface area contributed by atoms with Crippen LogP contribution < -0.4 is 0 Å². The summed E-state index contributed by atoms with van der Waals surface area (Å²) in [7, 11) is 0. The molecule has 2 rings (SSSR count). The van der Waals surface area contributed by atoms with Crippen molar-refractivity contribution in [3.8, 4) is 0 Å². The Morgan fingerprint density at radius 3 is 2.42 bits per heavy atom. The summed E-state index contributed by atoms with van der Waals surface area (Å²) in [6.45, 7) is 13.0. The zero-order chi connectivity index (χ0) is 24.8. The average molecular weight is 458 g/mol. The maximum atomic E-state index is 13.1. The quantitative estimate of drug-likeness (QED) is 0.374. The van der Waals surface area contributed by atoms with E-state index in [0.717, 1.165) is 24.0 Å². The van der Waals surface area contributed by atoms with Gasteiger partial charge in [0.2, 0.25) is 0 Å². The molecule has 6 nitrogen and oxygen atoms in total. The highest BCUT2D eigenvalue weighted by Gasteiger charge is 2.45. The fraction of sp³-hybridized carbons (Fsp3) is 0.593. The predicted molar refractivity (Wildman–Crippen MR) is 129 cm³/mol. The number of cyclic esters (lactones) is 1. The van der Waals surface area contributed by atoms with Gasteiger partial charge < -0.3 is 14.9 Å². The van der Waals surface area contributed by atoms with Crippen LogP contribution in [0.4, 0.5) is 0 Å². The van der Waals surface area contributed by atoms with Crippen LogP contribution in [0.25, 0.3) is 5.57 Å². The standard InChI is InChI=1S/C27H39NO5/c1-18-8-7-9-19(2)27(31,32)21(4)25(30)26(5,6)15-12-24(29)33-23(11-10-18)20(3)22-13-16-28-17-14-22/h10,13-14,16-17,19,21,23,31-32H,3,7-9,11-12,15H2,1-2,4-6H3/b18-10+. The van der Waals surface area contributed by atoms with Crippen molar-refractivity contribution >= 4 is 17.3 Å². The number of ketones is 1. The van der Waals surface area contributed by atoms with Crippen LogP contribution in [0.5, 0.6) is 0 Å². The Balaban J connectivity index is 2.31. The summed E-state index contributed by atoms with van der Waals surface area (Å²) in [6, 6.07) is 3.68. The van der Waals surface area contributed by atoms with Gasteiger partial charge in [-0.25, -0.2) is 0 Å². The molecule has 0 saturated heterocycles. The van der Waals surface area contributed by atoms with Gasteiger partial charge >= 0.3 is 5.97 Å². The van der Waals surface area contributed by atoms with Crippen molar-refractivity contribution in [1.29, 1.82) is 0 Å². The molecule has 1 aromatic heterocycles. The van der Waals surface area contributed by atoms with Crippen molar-refractivity contribution in [3.63, 3.8) is 0 Å². The first-order valence-electron chi connectivity index (χ1n) is 11.8. The highest BCUT2D eigenvalue weighted by atomic mass is 16.5. The normalized spacial score (nSPS) is 28.9. The molecular weight excluding hydrogens is 418 g/mol. The maximum Gasteiger partial charge on any atom is 0.306 e. The highest BCUT2D eigenvalue weighted by Crippen LogP contribution is 2.36. The second kappa shape index (κ2) is 11.2. The lowest BCUT2D eigenvalue weighted by Gasteiger charge is -2.37. The van der Waals surface area contributed by atoms with E-state index in [9.17, 15) is 19.8 Å². The first-order chi connectivity index (χ1) is 15.4. The number of nitrogens with zero attached hydrogens (tertiary/aromatic N) is 1. The average Bonchev–Trinajstić information content (AvgIpc) is 2.78. The number of rotatable bonds is 2. The summed E-state index contributed by atoms with van der Waals surface area (Å²) >= 11 is 0. The van der Waals surface area contributed by atoms with E-state index >= 15 is 0 Å². The third-order valence-corrected chi connectivity index (χ3v) is 6.98. The topological polar surface area (TPSA) is 96.7 Å². The second-order valence-electron chi connectivity index (χ2n) is 10.1. The van der Waals surface area contributed by atoms with Gasteiger partial charge in [-0.1, -0.05) is 45.9 Å². The van der Waals surface area contributed by atoms with Crippen LogP contribution in [0.15, 0.2) is 42.8 Å². The second-order valence-corrected chi connectivity index (χ2v) is 10.1. The van der Waals surface area contributed by atoms with E-state index in [4.69, 9.17) is 4.74 Å². The van der Waals surface area contributed by atoms with E-state index in [1.165, 1.54) is 0 Å². The molecule has 0 saturated carbocycles. The van der Waals surface area contributed by atoms with Crippen LogP contribution in [-0.4, -0.2) is 38.8 Å². The zero-order valence-corrected chi connectivity index (χ0v) is 20.6. The molecule has 0 radical (unpaired) electrons. The summed E-state index contributed by atoms with van der Waals surface area (Å²) in [4.78, 5) is 29.9. The fourth-order valence-electron chi connectivity index (χ4n) is 4.28. The molecule has 0 fully saturated rings. The van der Waals surface area contributed by atoms with Crippen LogP contribution >= 0.6 is 0 Å². The maximum absolute atomic E-state index is 13.1. The molecule has 0 amide bonds. The molecule has 0 bridgehead atoms. The van der Waals surface area contributed by atoms with E-state index in [-0.39, 0.29) is 18.6 Å². The Morgan fingerprint density at radius 1 is 1.15 bits per heavy atom. The smallest absolute Gasteiger partial charge is 0.306 e. The molecule has 0 aromatic carbocycles. The molecule has 33 heavy (non-hydrogen) atoms. The first kappa shape index (κ1) is 26.9. The number of carbonyl (C=O) groups excluding carboxylic acids is 2. The highest BCUT2D eigenvalue weighted by molar-refractivity contribution is 5.87. The largest absolute Gasteiger partial charge is 0.457 e. The third-order valence-electron chi connectivity index (χ3n) is 6.98. The van der Waals surface area contributed by atoms with Crippen LogP contribution in [-0.2, 0) is 14.3 Å². The van der Waals surface area contributed by atoms with Crippen molar-refractivity contribution in [2.45, 2.75) is 85.0 Å². The first-order valence-corrected chi connectivity index (χ1v) is 11.8. The molecule has 0 spiro atoms. The van der Waals surface area contributed by atoms with E-state index in [1.54, 1.807) is 40.1 Å². The van der Waals surface area contributed by atoms with E-state index < -0.39 is 35.1 Å². The molecule has 0 aliphatic carbocycles.